The molecule has 0 N–H and O–H groups in total. The molecule has 0 heterocycles. The minimum Gasteiger partial charge on any atom is -0.289 e. The maximum atomic E-state index is 13.2. The largest absolute Gasteiger partial charge is 0.289 e. The SMILES string of the molecule is Cc1ccc(SCc2ccc(C(C)C)cc2C(=O)c2ccc(C)cc2)cc1. The second kappa shape index (κ2) is 8.58. The lowest BCUT2D eigenvalue weighted by atomic mass is 9.93. The maximum absolute atomic E-state index is 13.2. The average molecular weight is 375 g/mol. The lowest BCUT2D eigenvalue weighted by Crippen LogP contribution is -2.07. The highest BCUT2D eigenvalue weighted by molar-refractivity contribution is 7.98. The number of carbonyl (C=O) groups is 1. The third-order valence-corrected chi connectivity index (χ3v) is 5.84. The van der Waals surface area contributed by atoms with E-state index >= 15 is 0 Å². The van der Waals surface area contributed by atoms with Crippen LogP contribution < -0.4 is 0 Å². The Morgan fingerprint density at radius 2 is 1.44 bits per heavy atom. The van der Waals surface area contributed by atoms with Crippen LogP contribution in [0.3, 0.4) is 0 Å². The molecule has 0 radical (unpaired) electrons. The predicted octanol–water partition coefficient (Wildman–Crippen LogP) is 6.95. The monoisotopic (exact) mass is 374 g/mol. The zero-order valence-electron chi connectivity index (χ0n) is 16.5. The smallest absolute Gasteiger partial charge is 0.193 e. The van der Waals surface area contributed by atoms with E-state index in [1.54, 1.807) is 11.8 Å². The summed E-state index contributed by atoms with van der Waals surface area (Å²) in [4.78, 5) is 14.4. The van der Waals surface area contributed by atoms with E-state index < -0.39 is 0 Å². The van der Waals surface area contributed by atoms with Crippen molar-refractivity contribution in [2.45, 2.75) is 44.3 Å². The van der Waals surface area contributed by atoms with Crippen LogP contribution in [0.25, 0.3) is 0 Å². The van der Waals surface area contributed by atoms with Crippen LogP contribution in [-0.2, 0) is 5.75 Å². The first-order chi connectivity index (χ1) is 12.9. The van der Waals surface area contributed by atoms with Crippen LogP contribution in [0.15, 0.2) is 71.6 Å². The van der Waals surface area contributed by atoms with Gasteiger partial charge in [0.1, 0.15) is 0 Å². The van der Waals surface area contributed by atoms with E-state index in [2.05, 4.69) is 63.2 Å². The number of thioether (sulfide) groups is 1. The van der Waals surface area contributed by atoms with Gasteiger partial charge in [-0.3, -0.25) is 4.79 Å². The van der Waals surface area contributed by atoms with Gasteiger partial charge >= 0.3 is 0 Å². The first kappa shape index (κ1) is 19.4. The maximum Gasteiger partial charge on any atom is 0.193 e. The Morgan fingerprint density at radius 3 is 2.04 bits per heavy atom. The number of benzene rings is 3. The summed E-state index contributed by atoms with van der Waals surface area (Å²) in [5, 5.41) is 0. The van der Waals surface area contributed by atoms with E-state index in [-0.39, 0.29) is 5.78 Å². The van der Waals surface area contributed by atoms with Crippen LogP contribution in [0.4, 0.5) is 0 Å². The van der Waals surface area contributed by atoms with E-state index in [9.17, 15) is 4.79 Å². The lowest BCUT2D eigenvalue weighted by molar-refractivity contribution is 0.103. The van der Waals surface area contributed by atoms with Gasteiger partial charge in [-0.15, -0.1) is 11.8 Å². The first-order valence-corrected chi connectivity index (χ1v) is 10.4. The molecule has 3 aromatic rings. The fraction of sp³-hybridized carbons (Fsp3) is 0.240. The van der Waals surface area contributed by atoms with Crippen LogP contribution in [0.2, 0.25) is 0 Å². The Kier molecular flexibility index (Phi) is 6.18. The third kappa shape index (κ3) is 4.90. The molecule has 0 atom stereocenters. The summed E-state index contributed by atoms with van der Waals surface area (Å²) in [6, 6.07) is 22.8. The normalized spacial score (nSPS) is 11.0. The molecule has 27 heavy (non-hydrogen) atoms. The fourth-order valence-electron chi connectivity index (χ4n) is 2.95. The molecule has 0 aliphatic rings. The molecule has 0 fully saturated rings. The van der Waals surface area contributed by atoms with Crippen molar-refractivity contribution < 1.29 is 4.79 Å². The molecule has 0 amide bonds. The molecule has 0 unspecified atom stereocenters. The van der Waals surface area contributed by atoms with Crippen molar-refractivity contribution in [1.82, 2.24) is 0 Å². The second-order valence-electron chi connectivity index (χ2n) is 7.37. The topological polar surface area (TPSA) is 17.1 Å². The summed E-state index contributed by atoms with van der Waals surface area (Å²) in [6.45, 7) is 8.46. The predicted molar refractivity (Wildman–Crippen MR) is 116 cm³/mol. The van der Waals surface area contributed by atoms with Crippen molar-refractivity contribution in [2.24, 2.45) is 0 Å². The van der Waals surface area contributed by atoms with E-state index in [0.29, 0.717) is 5.92 Å². The van der Waals surface area contributed by atoms with Crippen LogP contribution in [0, 0.1) is 13.8 Å². The zero-order valence-corrected chi connectivity index (χ0v) is 17.3. The molecule has 0 spiro atoms. The van der Waals surface area contributed by atoms with Crippen LogP contribution in [0.1, 0.15) is 57.9 Å². The van der Waals surface area contributed by atoms with Gasteiger partial charge in [0.2, 0.25) is 0 Å². The Hall–Kier alpha value is -2.32. The number of ketones is 1. The van der Waals surface area contributed by atoms with Crippen molar-refractivity contribution in [3.05, 3.63) is 100 Å². The van der Waals surface area contributed by atoms with Gasteiger partial charge in [0.25, 0.3) is 0 Å². The van der Waals surface area contributed by atoms with Gasteiger partial charge in [-0.2, -0.15) is 0 Å². The summed E-state index contributed by atoms with van der Waals surface area (Å²) >= 11 is 1.77. The molecule has 2 heteroatoms. The van der Waals surface area contributed by atoms with E-state index in [1.807, 2.05) is 31.2 Å². The number of hydrogen-bond acceptors (Lipinski definition) is 2. The zero-order chi connectivity index (χ0) is 19.4. The van der Waals surface area contributed by atoms with Crippen molar-refractivity contribution in [3.8, 4) is 0 Å². The molecular weight excluding hydrogens is 348 g/mol. The molecule has 0 aliphatic carbocycles. The lowest BCUT2D eigenvalue weighted by Gasteiger charge is -2.13. The van der Waals surface area contributed by atoms with E-state index in [1.165, 1.54) is 16.0 Å². The molecule has 0 saturated heterocycles. The van der Waals surface area contributed by atoms with Gasteiger partial charge in [0, 0.05) is 21.8 Å². The average Bonchev–Trinajstić information content (AvgIpc) is 2.67. The minimum absolute atomic E-state index is 0.108. The van der Waals surface area contributed by atoms with Gasteiger partial charge in [-0.05, 0) is 49.1 Å². The molecule has 0 saturated carbocycles. The van der Waals surface area contributed by atoms with Gasteiger partial charge < -0.3 is 0 Å². The van der Waals surface area contributed by atoms with Crippen molar-refractivity contribution in [3.63, 3.8) is 0 Å². The highest BCUT2D eigenvalue weighted by Gasteiger charge is 2.16. The number of hydrogen-bond donors (Lipinski definition) is 0. The second-order valence-corrected chi connectivity index (χ2v) is 8.42. The molecule has 138 valence electrons. The number of rotatable bonds is 6. The summed E-state index contributed by atoms with van der Waals surface area (Å²) in [7, 11) is 0. The van der Waals surface area contributed by atoms with E-state index in [0.717, 1.165) is 28.0 Å². The molecule has 0 bridgehead atoms. The van der Waals surface area contributed by atoms with Crippen LogP contribution in [-0.4, -0.2) is 5.78 Å². The number of aryl methyl sites for hydroxylation is 2. The number of carbonyl (C=O) groups excluding carboxylic acids is 1. The molecule has 1 nitrogen and oxygen atoms in total. The summed E-state index contributed by atoms with van der Waals surface area (Å²) < 4.78 is 0. The van der Waals surface area contributed by atoms with E-state index in [4.69, 9.17) is 0 Å². The van der Waals surface area contributed by atoms with Gasteiger partial charge in [-0.25, -0.2) is 0 Å². The van der Waals surface area contributed by atoms with Crippen molar-refractivity contribution >= 4 is 17.5 Å². The van der Waals surface area contributed by atoms with Crippen molar-refractivity contribution in [1.29, 1.82) is 0 Å². The third-order valence-electron chi connectivity index (χ3n) is 4.77. The summed E-state index contributed by atoms with van der Waals surface area (Å²) in [5.74, 6) is 1.29. The Morgan fingerprint density at radius 1 is 0.852 bits per heavy atom. The molecule has 0 aliphatic heterocycles. The van der Waals surface area contributed by atoms with Crippen molar-refractivity contribution in [2.75, 3.05) is 0 Å². The Bertz CT molecular complexity index is 922. The highest BCUT2D eigenvalue weighted by Crippen LogP contribution is 2.28. The quantitative estimate of drug-likeness (QED) is 0.343. The minimum atomic E-state index is 0.108. The van der Waals surface area contributed by atoms with Gasteiger partial charge in [-0.1, -0.05) is 73.5 Å². The fourth-order valence-corrected chi connectivity index (χ4v) is 3.85. The Labute approximate surface area is 166 Å². The van der Waals surface area contributed by atoms with Crippen LogP contribution in [0.5, 0.6) is 0 Å². The van der Waals surface area contributed by atoms with Gasteiger partial charge in [0.05, 0.1) is 0 Å². The molecule has 3 aromatic carbocycles. The van der Waals surface area contributed by atoms with Gasteiger partial charge in [0.15, 0.2) is 5.78 Å². The summed E-state index contributed by atoms with van der Waals surface area (Å²) in [5.41, 5.74) is 6.30. The standard InChI is InChI=1S/C25H26OS/c1-17(2)21-11-12-22(16-27-23-13-7-19(4)8-14-23)24(15-21)25(26)20-9-5-18(3)6-10-20/h5-15,17H,16H2,1-4H3. The summed E-state index contributed by atoms with van der Waals surface area (Å²) in [6.07, 6.45) is 0. The molecule has 0 aromatic heterocycles. The molecular formula is C25H26OS. The molecule has 3 rings (SSSR count). The first-order valence-electron chi connectivity index (χ1n) is 9.37. The van der Waals surface area contributed by atoms with Crippen LogP contribution >= 0.6 is 11.8 Å². The Balaban J connectivity index is 1.91. The highest BCUT2D eigenvalue weighted by atomic mass is 32.2.